The molecule has 0 aromatic heterocycles. The van der Waals surface area contributed by atoms with Crippen LogP contribution in [-0.4, -0.2) is 32.9 Å². The lowest BCUT2D eigenvalue weighted by atomic mass is 10.1. The van der Waals surface area contributed by atoms with Crippen molar-refractivity contribution in [3.05, 3.63) is 88.2 Å². The van der Waals surface area contributed by atoms with Crippen LogP contribution in [0.4, 0.5) is 14.9 Å². The van der Waals surface area contributed by atoms with Crippen LogP contribution in [0.25, 0.3) is 6.08 Å². The Morgan fingerprint density at radius 3 is 2.35 bits per heavy atom. The summed E-state index contributed by atoms with van der Waals surface area (Å²) in [6.45, 7) is 1.83. The second kappa shape index (κ2) is 10.5. The molecule has 0 atom stereocenters. The Bertz CT molecular complexity index is 1520. The van der Waals surface area contributed by atoms with Crippen LogP contribution >= 0.6 is 15.9 Å². The highest BCUT2D eigenvalue weighted by molar-refractivity contribution is 9.10. The first-order chi connectivity index (χ1) is 17.6. The van der Waals surface area contributed by atoms with Crippen LogP contribution in [0, 0.1) is 5.82 Å². The van der Waals surface area contributed by atoms with Gasteiger partial charge in [0.05, 0.1) is 16.8 Å². The highest BCUT2D eigenvalue weighted by Crippen LogP contribution is 2.39. The summed E-state index contributed by atoms with van der Waals surface area (Å²) >= 11 is 3.27. The van der Waals surface area contributed by atoms with Crippen molar-refractivity contribution >= 4 is 55.7 Å². The number of amides is 4. The molecule has 1 aliphatic heterocycles. The van der Waals surface area contributed by atoms with Crippen molar-refractivity contribution in [1.29, 1.82) is 0 Å². The van der Waals surface area contributed by atoms with E-state index in [1.165, 1.54) is 42.5 Å². The molecule has 0 spiro atoms. The van der Waals surface area contributed by atoms with E-state index < -0.39 is 33.8 Å². The lowest BCUT2D eigenvalue weighted by Gasteiger charge is -2.26. The molecule has 3 aromatic rings. The summed E-state index contributed by atoms with van der Waals surface area (Å²) in [5.74, 6) is -2.53. The molecule has 0 unspecified atom stereocenters. The molecule has 9 nitrogen and oxygen atoms in total. The van der Waals surface area contributed by atoms with Gasteiger partial charge in [-0.3, -0.25) is 14.9 Å². The number of anilines is 1. The molecule has 0 radical (unpaired) electrons. The van der Waals surface area contributed by atoms with Gasteiger partial charge in [0, 0.05) is 0 Å². The number of carbonyl (C=O) groups is 3. The van der Waals surface area contributed by atoms with Crippen molar-refractivity contribution in [3.8, 4) is 11.5 Å². The normalized spacial score (nSPS) is 15.1. The summed E-state index contributed by atoms with van der Waals surface area (Å²) < 4.78 is 49.9. The van der Waals surface area contributed by atoms with Gasteiger partial charge in [-0.15, -0.1) is 0 Å². The highest BCUT2D eigenvalue weighted by atomic mass is 79.9. The quantitative estimate of drug-likeness (QED) is 0.246. The molecule has 37 heavy (non-hydrogen) atoms. The first-order valence-electron chi connectivity index (χ1n) is 10.7. The van der Waals surface area contributed by atoms with Gasteiger partial charge in [-0.05, 0) is 83.0 Å². The number of nitrogens with zero attached hydrogens (tertiary/aromatic N) is 1. The predicted molar refractivity (Wildman–Crippen MR) is 135 cm³/mol. The van der Waals surface area contributed by atoms with Crippen molar-refractivity contribution in [3.63, 3.8) is 0 Å². The number of rotatable bonds is 7. The van der Waals surface area contributed by atoms with Gasteiger partial charge in [0.2, 0.25) is 0 Å². The van der Waals surface area contributed by atoms with E-state index in [4.69, 9.17) is 8.92 Å². The minimum absolute atomic E-state index is 0.0263. The molecule has 4 rings (SSSR count). The Labute approximate surface area is 219 Å². The molecule has 3 aromatic carbocycles. The fourth-order valence-electron chi connectivity index (χ4n) is 3.41. The van der Waals surface area contributed by atoms with E-state index in [0.29, 0.717) is 4.90 Å². The SMILES string of the molecule is CCOc1cc(/C=C2\C(=O)NC(=O)N(c3ccc(F)cc3)C2=O)cc(Br)c1OS(=O)(=O)c1ccccc1. The van der Waals surface area contributed by atoms with Crippen LogP contribution in [0.3, 0.4) is 0 Å². The predicted octanol–water partition coefficient (Wildman–Crippen LogP) is 4.42. The van der Waals surface area contributed by atoms with Gasteiger partial charge in [-0.1, -0.05) is 18.2 Å². The molecule has 1 saturated heterocycles. The largest absolute Gasteiger partial charge is 0.490 e. The fourth-order valence-corrected chi connectivity index (χ4v) is 5.03. The molecule has 12 heteroatoms. The number of carbonyl (C=O) groups excluding carboxylic acids is 3. The zero-order valence-electron chi connectivity index (χ0n) is 19.1. The zero-order chi connectivity index (χ0) is 26.7. The molecular formula is C25H18BrFN2O7S. The number of halogens is 2. The van der Waals surface area contributed by atoms with Crippen LogP contribution in [0.15, 0.2) is 81.7 Å². The molecule has 1 aliphatic rings. The summed E-state index contributed by atoms with van der Waals surface area (Å²) in [5.41, 5.74) is -0.0520. The van der Waals surface area contributed by atoms with E-state index in [1.54, 1.807) is 25.1 Å². The van der Waals surface area contributed by atoms with Crippen LogP contribution in [0.5, 0.6) is 11.5 Å². The third-order valence-corrected chi connectivity index (χ3v) is 6.88. The van der Waals surface area contributed by atoms with Crippen molar-refractivity contribution in [2.24, 2.45) is 0 Å². The number of barbiturate groups is 1. The van der Waals surface area contributed by atoms with Crippen molar-refractivity contribution in [1.82, 2.24) is 5.32 Å². The van der Waals surface area contributed by atoms with Gasteiger partial charge in [-0.25, -0.2) is 14.1 Å². The van der Waals surface area contributed by atoms with Gasteiger partial charge < -0.3 is 8.92 Å². The third kappa shape index (κ3) is 5.54. The molecule has 0 aliphatic carbocycles. The molecule has 0 saturated carbocycles. The molecule has 0 bridgehead atoms. The Hall–Kier alpha value is -4.03. The van der Waals surface area contributed by atoms with Gasteiger partial charge >= 0.3 is 16.1 Å². The third-order valence-electron chi connectivity index (χ3n) is 5.05. The van der Waals surface area contributed by atoms with Crippen molar-refractivity contribution in [2.45, 2.75) is 11.8 Å². The zero-order valence-corrected chi connectivity index (χ0v) is 21.5. The van der Waals surface area contributed by atoms with E-state index in [-0.39, 0.29) is 44.3 Å². The second-order valence-corrected chi connectivity index (χ2v) is 9.95. The molecule has 1 fully saturated rings. The van der Waals surface area contributed by atoms with Crippen molar-refractivity contribution in [2.75, 3.05) is 11.5 Å². The monoisotopic (exact) mass is 588 g/mol. The average Bonchev–Trinajstić information content (AvgIpc) is 2.85. The number of benzene rings is 3. The average molecular weight is 589 g/mol. The Morgan fingerprint density at radius 2 is 1.70 bits per heavy atom. The maximum atomic E-state index is 13.3. The number of urea groups is 1. The topological polar surface area (TPSA) is 119 Å². The first kappa shape index (κ1) is 26.0. The summed E-state index contributed by atoms with van der Waals surface area (Å²) in [5, 5.41) is 2.08. The van der Waals surface area contributed by atoms with Crippen LogP contribution in [-0.2, 0) is 19.7 Å². The molecule has 190 valence electrons. The molecule has 1 N–H and O–H groups in total. The van der Waals surface area contributed by atoms with E-state index >= 15 is 0 Å². The number of imide groups is 2. The summed E-state index contributed by atoms with van der Waals surface area (Å²) in [6, 6.07) is 13.9. The number of hydrogen-bond donors (Lipinski definition) is 1. The molecular weight excluding hydrogens is 571 g/mol. The second-order valence-electron chi connectivity index (χ2n) is 7.55. The van der Waals surface area contributed by atoms with Gasteiger partial charge in [0.1, 0.15) is 16.3 Å². The smallest absolute Gasteiger partial charge is 0.339 e. The number of nitrogens with one attached hydrogen (secondary N) is 1. The van der Waals surface area contributed by atoms with Gasteiger partial charge in [0.15, 0.2) is 11.5 Å². The maximum absolute atomic E-state index is 13.3. The standard InChI is InChI=1S/C25H18BrFN2O7S/c1-2-35-21-14-15(13-20(26)22(21)36-37(33,34)18-6-4-3-5-7-18)12-19-23(30)28-25(32)29(24(19)31)17-10-8-16(27)9-11-17/h3-14H,2H2,1H3,(H,28,30,32)/b19-12+. The van der Waals surface area contributed by atoms with Crippen LogP contribution < -0.4 is 19.1 Å². The molecule has 1 heterocycles. The lowest BCUT2D eigenvalue weighted by molar-refractivity contribution is -0.122. The Balaban J connectivity index is 1.72. The lowest BCUT2D eigenvalue weighted by Crippen LogP contribution is -2.54. The van der Waals surface area contributed by atoms with Crippen LogP contribution in [0.2, 0.25) is 0 Å². The van der Waals surface area contributed by atoms with Gasteiger partial charge in [0.25, 0.3) is 11.8 Å². The van der Waals surface area contributed by atoms with Gasteiger partial charge in [-0.2, -0.15) is 8.42 Å². The summed E-state index contributed by atoms with van der Waals surface area (Å²) in [4.78, 5) is 38.6. The Kier molecular flexibility index (Phi) is 7.41. The van der Waals surface area contributed by atoms with E-state index in [2.05, 4.69) is 21.2 Å². The number of ether oxygens (including phenoxy) is 1. The minimum atomic E-state index is -4.20. The van der Waals surface area contributed by atoms with Crippen molar-refractivity contribution < 1.29 is 36.1 Å². The number of hydrogen-bond acceptors (Lipinski definition) is 7. The van der Waals surface area contributed by atoms with Crippen LogP contribution in [0.1, 0.15) is 12.5 Å². The first-order valence-corrected chi connectivity index (χ1v) is 12.9. The Morgan fingerprint density at radius 1 is 1.03 bits per heavy atom. The summed E-state index contributed by atoms with van der Waals surface area (Å²) in [7, 11) is -4.20. The van der Waals surface area contributed by atoms with E-state index in [1.807, 2.05) is 0 Å². The molecule has 4 amide bonds. The fraction of sp³-hybridized carbons (Fsp3) is 0.0800. The van der Waals surface area contributed by atoms with E-state index in [9.17, 15) is 27.2 Å². The van der Waals surface area contributed by atoms with E-state index in [0.717, 1.165) is 12.1 Å². The highest BCUT2D eigenvalue weighted by Gasteiger charge is 2.37. The summed E-state index contributed by atoms with van der Waals surface area (Å²) in [6.07, 6.45) is 1.21. The minimum Gasteiger partial charge on any atom is -0.490 e. The maximum Gasteiger partial charge on any atom is 0.339 e.